The molecule has 6 heteroatoms. The van der Waals surface area contributed by atoms with Crippen molar-refractivity contribution in [1.29, 1.82) is 0 Å². The first-order chi connectivity index (χ1) is 12.2. The summed E-state index contributed by atoms with van der Waals surface area (Å²) < 4.78 is 7.46. The molecule has 0 spiro atoms. The molecule has 3 aromatic heterocycles. The second-order valence-electron chi connectivity index (χ2n) is 5.78. The molecule has 0 fully saturated rings. The fourth-order valence-electron chi connectivity index (χ4n) is 2.62. The molecule has 3 heterocycles. The first kappa shape index (κ1) is 15.7. The van der Waals surface area contributed by atoms with Crippen molar-refractivity contribution in [2.24, 2.45) is 0 Å². The Morgan fingerprint density at radius 1 is 1.08 bits per heavy atom. The van der Waals surface area contributed by atoms with Gasteiger partial charge in [0, 0.05) is 6.20 Å². The number of nitrogens with one attached hydrogen (secondary N) is 1. The van der Waals surface area contributed by atoms with E-state index in [0.29, 0.717) is 6.54 Å². The molecule has 4 aromatic rings. The second kappa shape index (κ2) is 6.57. The Bertz CT molecular complexity index is 984. The molecule has 1 N–H and O–H groups in total. The van der Waals surface area contributed by atoms with Gasteiger partial charge in [0.25, 0.3) is 0 Å². The van der Waals surface area contributed by atoms with Crippen molar-refractivity contribution in [3.63, 3.8) is 0 Å². The Morgan fingerprint density at radius 3 is 2.68 bits per heavy atom. The van der Waals surface area contributed by atoms with Gasteiger partial charge in [-0.2, -0.15) is 5.10 Å². The molecule has 4 rings (SSSR count). The van der Waals surface area contributed by atoms with Crippen LogP contribution in [0.25, 0.3) is 16.3 Å². The van der Waals surface area contributed by atoms with Crippen LogP contribution in [-0.4, -0.2) is 14.8 Å². The van der Waals surface area contributed by atoms with Gasteiger partial charge in [0.05, 0.1) is 22.8 Å². The molecule has 0 bridgehead atoms. The van der Waals surface area contributed by atoms with E-state index in [9.17, 15) is 0 Å². The van der Waals surface area contributed by atoms with Gasteiger partial charge < -0.3 is 9.73 Å². The number of para-hydroxylation sites is 1. The van der Waals surface area contributed by atoms with Gasteiger partial charge in [-0.05, 0) is 44.2 Å². The molecule has 5 nitrogen and oxygen atoms in total. The Hall–Kier alpha value is -2.86. The number of aryl methyl sites for hydroxylation is 2. The minimum absolute atomic E-state index is 0.624. The van der Waals surface area contributed by atoms with Crippen molar-refractivity contribution in [2.75, 3.05) is 5.32 Å². The molecule has 1 aromatic carbocycles. The molecule has 0 amide bonds. The van der Waals surface area contributed by atoms with Crippen molar-refractivity contribution in [1.82, 2.24) is 14.8 Å². The molecular formula is C19H18N4OS. The quantitative estimate of drug-likeness (QED) is 0.561. The maximum Gasteiger partial charge on any atom is 0.183 e. The summed E-state index contributed by atoms with van der Waals surface area (Å²) in [7, 11) is 0. The highest BCUT2D eigenvalue weighted by atomic mass is 32.1. The Balaban J connectivity index is 1.53. The minimum Gasteiger partial charge on any atom is -0.465 e. The normalized spacial score (nSPS) is 11.0. The summed E-state index contributed by atoms with van der Waals surface area (Å²) in [6, 6.07) is 16.0. The Kier molecular flexibility index (Phi) is 4.11. The van der Waals surface area contributed by atoms with E-state index in [1.54, 1.807) is 11.3 Å². The lowest BCUT2D eigenvalue weighted by Gasteiger charge is -1.99. The topological polar surface area (TPSA) is 55.9 Å². The summed E-state index contributed by atoms with van der Waals surface area (Å²) in [5.74, 6) is 1.82. The lowest BCUT2D eigenvalue weighted by molar-refractivity contribution is 0.490. The van der Waals surface area contributed by atoms with E-state index >= 15 is 0 Å². The number of furan rings is 1. The molecule has 0 atom stereocenters. The molecule has 0 saturated heterocycles. The third kappa shape index (κ3) is 3.34. The highest BCUT2D eigenvalue weighted by Crippen LogP contribution is 2.32. The van der Waals surface area contributed by atoms with E-state index < -0.39 is 0 Å². The van der Waals surface area contributed by atoms with Gasteiger partial charge in [0.2, 0.25) is 0 Å². The summed E-state index contributed by atoms with van der Waals surface area (Å²) in [6.07, 6.45) is 1.97. The van der Waals surface area contributed by atoms with E-state index in [1.165, 1.54) is 0 Å². The van der Waals surface area contributed by atoms with Crippen molar-refractivity contribution in [3.05, 3.63) is 71.9 Å². The molecule has 25 heavy (non-hydrogen) atoms. The average Bonchev–Trinajstić information content (AvgIpc) is 3.34. The van der Waals surface area contributed by atoms with Crippen LogP contribution in [0.1, 0.15) is 17.2 Å². The number of benzene rings is 1. The van der Waals surface area contributed by atoms with Crippen LogP contribution >= 0.6 is 11.3 Å². The maximum atomic E-state index is 5.58. The van der Waals surface area contributed by atoms with Crippen molar-refractivity contribution in [3.8, 4) is 16.3 Å². The zero-order valence-electron chi connectivity index (χ0n) is 14.1. The van der Waals surface area contributed by atoms with Crippen LogP contribution in [0.2, 0.25) is 0 Å². The third-order valence-corrected chi connectivity index (χ3v) is 4.99. The SMILES string of the molecule is Cc1ccc(CNc2nc(C)c(-c3ccn(-c4ccccc4)n3)s2)o1. The minimum atomic E-state index is 0.624. The van der Waals surface area contributed by atoms with Crippen LogP contribution in [0.5, 0.6) is 0 Å². The molecule has 0 aliphatic heterocycles. The molecule has 0 unspecified atom stereocenters. The molecule has 0 saturated carbocycles. The Labute approximate surface area is 150 Å². The van der Waals surface area contributed by atoms with E-state index in [1.807, 2.05) is 73.3 Å². The van der Waals surface area contributed by atoms with Crippen molar-refractivity contribution in [2.45, 2.75) is 20.4 Å². The molecular weight excluding hydrogens is 332 g/mol. The van der Waals surface area contributed by atoms with E-state index in [0.717, 1.165) is 38.6 Å². The maximum absolute atomic E-state index is 5.58. The van der Waals surface area contributed by atoms with Crippen LogP contribution in [-0.2, 0) is 6.54 Å². The molecule has 0 radical (unpaired) electrons. The highest BCUT2D eigenvalue weighted by Gasteiger charge is 2.13. The summed E-state index contributed by atoms with van der Waals surface area (Å²) >= 11 is 1.61. The largest absolute Gasteiger partial charge is 0.465 e. The standard InChI is InChI=1S/C19H18N4OS/c1-13-8-9-16(24-13)12-20-19-21-14(2)18(25-19)17-10-11-23(22-17)15-6-4-3-5-7-15/h3-11H,12H2,1-2H3,(H,20,21). The molecule has 0 aliphatic rings. The van der Waals surface area contributed by atoms with Crippen molar-refractivity contribution < 1.29 is 4.42 Å². The lowest BCUT2D eigenvalue weighted by atomic mass is 10.3. The monoisotopic (exact) mass is 350 g/mol. The van der Waals surface area contributed by atoms with Gasteiger partial charge >= 0.3 is 0 Å². The zero-order chi connectivity index (χ0) is 17.2. The Morgan fingerprint density at radius 2 is 1.92 bits per heavy atom. The lowest BCUT2D eigenvalue weighted by Crippen LogP contribution is -1.97. The first-order valence-corrected chi connectivity index (χ1v) is 8.89. The van der Waals surface area contributed by atoms with Crippen LogP contribution in [0, 0.1) is 13.8 Å². The molecule has 0 aliphatic carbocycles. The highest BCUT2D eigenvalue weighted by molar-refractivity contribution is 7.19. The van der Waals surface area contributed by atoms with Gasteiger partial charge in [-0.25, -0.2) is 9.67 Å². The smallest absolute Gasteiger partial charge is 0.183 e. The van der Waals surface area contributed by atoms with Gasteiger partial charge in [0.15, 0.2) is 5.13 Å². The number of hydrogen-bond donors (Lipinski definition) is 1. The average molecular weight is 350 g/mol. The molecule has 126 valence electrons. The van der Waals surface area contributed by atoms with Gasteiger partial charge in [0.1, 0.15) is 17.2 Å². The number of hydrogen-bond acceptors (Lipinski definition) is 5. The van der Waals surface area contributed by atoms with Crippen LogP contribution in [0.15, 0.2) is 59.1 Å². The number of thiazole rings is 1. The number of anilines is 1. The first-order valence-electron chi connectivity index (χ1n) is 8.07. The number of aromatic nitrogens is 3. The van der Waals surface area contributed by atoms with Crippen LogP contribution in [0.3, 0.4) is 0 Å². The third-order valence-electron chi connectivity index (χ3n) is 3.85. The van der Waals surface area contributed by atoms with E-state index in [-0.39, 0.29) is 0 Å². The van der Waals surface area contributed by atoms with Gasteiger partial charge in [-0.1, -0.05) is 29.5 Å². The predicted molar refractivity (Wildman–Crippen MR) is 100 cm³/mol. The summed E-state index contributed by atoms with van der Waals surface area (Å²) in [5, 5.41) is 8.88. The summed E-state index contributed by atoms with van der Waals surface area (Å²) in [4.78, 5) is 5.68. The second-order valence-corrected chi connectivity index (χ2v) is 6.78. The number of rotatable bonds is 5. The summed E-state index contributed by atoms with van der Waals surface area (Å²) in [5.41, 5.74) is 2.95. The van der Waals surface area contributed by atoms with Crippen LogP contribution in [0.4, 0.5) is 5.13 Å². The fourth-order valence-corrected chi connectivity index (χ4v) is 3.55. The van der Waals surface area contributed by atoms with Crippen LogP contribution < -0.4 is 5.32 Å². The predicted octanol–water partition coefficient (Wildman–Crippen LogP) is 4.82. The number of nitrogens with zero attached hydrogens (tertiary/aromatic N) is 3. The van der Waals surface area contributed by atoms with Gasteiger partial charge in [-0.15, -0.1) is 0 Å². The van der Waals surface area contributed by atoms with E-state index in [4.69, 9.17) is 4.42 Å². The van der Waals surface area contributed by atoms with Crippen molar-refractivity contribution >= 4 is 16.5 Å². The van der Waals surface area contributed by atoms with Gasteiger partial charge in [-0.3, -0.25) is 0 Å². The zero-order valence-corrected chi connectivity index (χ0v) is 14.9. The fraction of sp³-hybridized carbons (Fsp3) is 0.158. The summed E-state index contributed by atoms with van der Waals surface area (Å²) in [6.45, 7) is 4.58. The van der Waals surface area contributed by atoms with E-state index in [2.05, 4.69) is 15.4 Å².